The maximum absolute atomic E-state index is 13.3. The topological polar surface area (TPSA) is 57.2 Å². The fourth-order valence-electron chi connectivity index (χ4n) is 4.22. The zero-order chi connectivity index (χ0) is 26.8. The van der Waals surface area contributed by atoms with E-state index in [1.807, 2.05) is 118 Å². The van der Waals surface area contributed by atoms with Crippen LogP contribution in [0.15, 0.2) is 103 Å². The average Bonchev–Trinajstić information content (AvgIpc) is 2.92. The fourth-order valence-corrected chi connectivity index (χ4v) is 4.22. The lowest BCUT2D eigenvalue weighted by Crippen LogP contribution is -2.56. The molecule has 0 aliphatic carbocycles. The largest absolute Gasteiger partial charge is 0.443 e. The maximum Gasteiger partial charge on any atom is 0.414 e. The summed E-state index contributed by atoms with van der Waals surface area (Å²) in [5.41, 5.74) is 2.52. The molecule has 38 heavy (non-hydrogen) atoms. The summed E-state index contributed by atoms with van der Waals surface area (Å²) < 4.78 is 24.7. The van der Waals surface area contributed by atoms with Gasteiger partial charge < -0.3 is 18.9 Å². The van der Waals surface area contributed by atoms with Crippen molar-refractivity contribution in [3.05, 3.63) is 120 Å². The molecule has 200 valence electrons. The van der Waals surface area contributed by atoms with Crippen LogP contribution in [0.5, 0.6) is 0 Å². The third-order valence-corrected chi connectivity index (χ3v) is 6.07. The monoisotopic (exact) mass is 515 g/mol. The number of ether oxygens (including phenoxy) is 4. The van der Waals surface area contributed by atoms with Crippen molar-refractivity contribution in [1.82, 2.24) is 4.90 Å². The number of hydrogen-bond donors (Lipinski definition) is 0. The molecule has 0 spiro atoms. The van der Waals surface area contributed by atoms with Crippen LogP contribution in [0.4, 0.5) is 4.79 Å². The highest BCUT2D eigenvalue weighted by Gasteiger charge is 2.41. The first-order chi connectivity index (χ1) is 18.4. The molecule has 0 radical (unpaired) electrons. The number of hydrogen-bond acceptors (Lipinski definition) is 5. The molecule has 1 heterocycles. The number of rotatable bonds is 10. The third kappa shape index (κ3) is 8.28. The molecule has 0 saturated heterocycles. The van der Waals surface area contributed by atoms with Crippen LogP contribution >= 0.6 is 0 Å². The van der Waals surface area contributed by atoms with E-state index in [9.17, 15) is 4.79 Å². The number of amides is 1. The summed E-state index contributed by atoms with van der Waals surface area (Å²) in [6.45, 7) is 7.04. The van der Waals surface area contributed by atoms with Crippen molar-refractivity contribution in [3.63, 3.8) is 0 Å². The maximum atomic E-state index is 13.3. The lowest BCUT2D eigenvalue weighted by molar-refractivity contribution is -0.117. The van der Waals surface area contributed by atoms with Gasteiger partial charge in [-0.05, 0) is 43.5 Å². The fraction of sp³-hybridized carbons (Fsp3) is 0.344. The molecule has 4 rings (SSSR count). The summed E-state index contributed by atoms with van der Waals surface area (Å²) in [7, 11) is 0. The number of carbonyl (C=O) groups is 1. The summed E-state index contributed by atoms with van der Waals surface area (Å²) in [5, 5.41) is 0. The van der Waals surface area contributed by atoms with Gasteiger partial charge in [0, 0.05) is 6.20 Å². The van der Waals surface area contributed by atoms with Gasteiger partial charge in [0.2, 0.25) is 0 Å². The smallest absolute Gasteiger partial charge is 0.414 e. The van der Waals surface area contributed by atoms with Crippen molar-refractivity contribution in [2.75, 3.05) is 6.61 Å². The van der Waals surface area contributed by atoms with Gasteiger partial charge in [-0.3, -0.25) is 4.90 Å². The molecule has 0 fully saturated rings. The van der Waals surface area contributed by atoms with Crippen LogP contribution in [0.2, 0.25) is 0 Å². The summed E-state index contributed by atoms with van der Waals surface area (Å²) in [6, 6.07) is 29.5. The van der Waals surface area contributed by atoms with E-state index in [0.717, 1.165) is 16.7 Å². The molecule has 1 aliphatic rings. The van der Waals surface area contributed by atoms with Gasteiger partial charge in [-0.15, -0.1) is 0 Å². The third-order valence-electron chi connectivity index (χ3n) is 6.07. The van der Waals surface area contributed by atoms with Crippen molar-refractivity contribution < 1.29 is 23.7 Å². The second kappa shape index (κ2) is 13.4. The van der Waals surface area contributed by atoms with Crippen LogP contribution in [0.1, 0.15) is 37.5 Å². The molecule has 1 unspecified atom stereocenters. The Hall–Kier alpha value is -3.45. The second-order valence-electron chi connectivity index (χ2n) is 10.3. The highest BCUT2D eigenvalue weighted by Crippen LogP contribution is 2.26. The highest BCUT2D eigenvalue weighted by atomic mass is 16.6. The minimum absolute atomic E-state index is 0.253. The van der Waals surface area contributed by atoms with Crippen molar-refractivity contribution in [2.24, 2.45) is 0 Å². The van der Waals surface area contributed by atoms with Crippen molar-refractivity contribution in [3.8, 4) is 0 Å². The van der Waals surface area contributed by atoms with E-state index in [0.29, 0.717) is 19.8 Å². The van der Waals surface area contributed by atoms with Gasteiger partial charge in [0.1, 0.15) is 17.8 Å². The predicted molar refractivity (Wildman–Crippen MR) is 147 cm³/mol. The summed E-state index contributed by atoms with van der Waals surface area (Å²) in [6.07, 6.45) is 2.30. The van der Waals surface area contributed by atoms with E-state index in [1.54, 1.807) is 11.1 Å². The first-order valence-electron chi connectivity index (χ1n) is 13.0. The van der Waals surface area contributed by atoms with E-state index in [-0.39, 0.29) is 12.7 Å². The highest BCUT2D eigenvalue weighted by molar-refractivity contribution is 5.70. The molecular formula is C32H37NO5. The lowest BCUT2D eigenvalue weighted by Gasteiger charge is -2.41. The van der Waals surface area contributed by atoms with E-state index < -0.39 is 23.8 Å². The molecular weight excluding hydrogens is 478 g/mol. The Kier molecular flexibility index (Phi) is 9.71. The molecule has 0 bridgehead atoms. The summed E-state index contributed by atoms with van der Waals surface area (Å²) in [5.74, 6) is 0. The van der Waals surface area contributed by atoms with E-state index >= 15 is 0 Å². The second-order valence-corrected chi connectivity index (χ2v) is 10.3. The SMILES string of the molecule is CC(C)(C)OC(=O)N1C=CC(OCc2ccccc2)[C@@H](OCc2ccccc2)[C@H]1COCc1ccccc1. The van der Waals surface area contributed by atoms with Gasteiger partial charge in [0.25, 0.3) is 0 Å². The minimum Gasteiger partial charge on any atom is -0.443 e. The Morgan fingerprint density at radius 2 is 1.24 bits per heavy atom. The lowest BCUT2D eigenvalue weighted by atomic mass is 10.00. The predicted octanol–water partition coefficient (Wildman–Crippen LogP) is 6.51. The van der Waals surface area contributed by atoms with Gasteiger partial charge in [0.15, 0.2) is 0 Å². The molecule has 0 aromatic heterocycles. The van der Waals surface area contributed by atoms with E-state index in [2.05, 4.69) is 0 Å². The molecule has 3 atom stereocenters. The molecule has 3 aromatic rings. The molecule has 3 aromatic carbocycles. The molecule has 1 aliphatic heterocycles. The first-order valence-corrected chi connectivity index (χ1v) is 13.0. The van der Waals surface area contributed by atoms with E-state index in [4.69, 9.17) is 18.9 Å². The zero-order valence-electron chi connectivity index (χ0n) is 22.4. The van der Waals surface area contributed by atoms with Gasteiger partial charge >= 0.3 is 6.09 Å². The summed E-state index contributed by atoms with van der Waals surface area (Å²) >= 11 is 0. The number of carbonyl (C=O) groups excluding carboxylic acids is 1. The van der Waals surface area contributed by atoms with Crippen LogP contribution in [-0.4, -0.2) is 41.5 Å². The quantitative estimate of drug-likeness (QED) is 0.308. The zero-order valence-corrected chi connectivity index (χ0v) is 22.4. The Morgan fingerprint density at radius 1 is 0.737 bits per heavy atom. The van der Waals surface area contributed by atoms with Gasteiger partial charge in [-0.2, -0.15) is 0 Å². The Labute approximate surface area is 225 Å². The van der Waals surface area contributed by atoms with Crippen LogP contribution in [0.25, 0.3) is 0 Å². The average molecular weight is 516 g/mol. The van der Waals surface area contributed by atoms with Crippen LogP contribution < -0.4 is 0 Å². The van der Waals surface area contributed by atoms with Crippen molar-refractivity contribution >= 4 is 6.09 Å². The molecule has 1 amide bonds. The van der Waals surface area contributed by atoms with Gasteiger partial charge in [-0.1, -0.05) is 91.0 Å². The number of benzene rings is 3. The van der Waals surface area contributed by atoms with Crippen molar-refractivity contribution in [1.29, 1.82) is 0 Å². The van der Waals surface area contributed by atoms with Crippen LogP contribution in [-0.2, 0) is 38.8 Å². The van der Waals surface area contributed by atoms with Gasteiger partial charge in [0.05, 0.1) is 32.5 Å². The Bertz CT molecular complexity index is 1140. The Morgan fingerprint density at radius 3 is 1.76 bits per heavy atom. The first kappa shape index (κ1) is 27.6. The number of nitrogens with zero attached hydrogens (tertiary/aromatic N) is 1. The molecule has 6 heteroatoms. The Balaban J connectivity index is 1.57. The molecule has 0 saturated carbocycles. The van der Waals surface area contributed by atoms with Crippen LogP contribution in [0.3, 0.4) is 0 Å². The van der Waals surface area contributed by atoms with E-state index in [1.165, 1.54) is 0 Å². The van der Waals surface area contributed by atoms with Crippen LogP contribution in [0, 0.1) is 0 Å². The normalized spacial score (nSPS) is 19.3. The molecule has 6 nitrogen and oxygen atoms in total. The summed E-state index contributed by atoms with van der Waals surface area (Å²) in [4.78, 5) is 14.8. The van der Waals surface area contributed by atoms with Gasteiger partial charge in [-0.25, -0.2) is 4.79 Å². The standard InChI is InChI=1S/C32H37NO5/c1-32(2,3)38-31(34)33-20-19-29(36-22-26-15-9-5-10-16-26)30(37-23-27-17-11-6-12-18-27)28(33)24-35-21-25-13-7-4-8-14-25/h4-20,28-30H,21-24H2,1-3H3/t28-,29?,30+/m1/s1. The van der Waals surface area contributed by atoms with Crippen molar-refractivity contribution in [2.45, 2.75) is 64.4 Å². The minimum atomic E-state index is -0.637. The molecule has 0 N–H and O–H groups in total.